The average molecular weight is 488 g/mol. The number of benzene rings is 1. The second-order valence-corrected chi connectivity index (χ2v) is 10.4. The SMILES string of the molecule is O=c1[nH]c(C2CCN(c3cccnc3)CC2)nc(NC2CCCNC2)c1-c1nc2ccccc2s1. The summed E-state index contributed by atoms with van der Waals surface area (Å²) in [6.07, 6.45) is 7.74. The van der Waals surface area contributed by atoms with Gasteiger partial charge in [-0.05, 0) is 56.5 Å². The zero-order valence-corrected chi connectivity index (χ0v) is 20.4. The lowest BCUT2D eigenvalue weighted by Gasteiger charge is -2.33. The molecule has 180 valence electrons. The Morgan fingerprint density at radius 1 is 1.06 bits per heavy atom. The zero-order valence-electron chi connectivity index (χ0n) is 19.5. The zero-order chi connectivity index (χ0) is 23.6. The number of aromatic nitrogens is 4. The first kappa shape index (κ1) is 22.2. The number of piperidine rings is 2. The summed E-state index contributed by atoms with van der Waals surface area (Å²) in [4.78, 5) is 33.1. The van der Waals surface area contributed by atoms with Gasteiger partial charge in [-0.1, -0.05) is 12.1 Å². The molecule has 35 heavy (non-hydrogen) atoms. The fourth-order valence-corrected chi connectivity index (χ4v) is 6.09. The Hall–Kier alpha value is -3.30. The monoisotopic (exact) mass is 487 g/mol. The topological polar surface area (TPSA) is 98.8 Å². The first-order valence-corrected chi connectivity index (χ1v) is 13.2. The number of thiazole rings is 1. The molecule has 3 N–H and O–H groups in total. The highest BCUT2D eigenvalue weighted by Gasteiger charge is 2.26. The number of nitrogens with zero attached hydrogens (tertiary/aromatic N) is 4. The molecule has 1 aromatic carbocycles. The molecule has 1 atom stereocenters. The molecule has 5 heterocycles. The summed E-state index contributed by atoms with van der Waals surface area (Å²) in [5, 5.41) is 7.76. The van der Waals surface area contributed by atoms with Crippen molar-refractivity contribution < 1.29 is 0 Å². The Bertz CT molecular complexity index is 1320. The molecule has 0 saturated carbocycles. The molecule has 0 aliphatic carbocycles. The van der Waals surface area contributed by atoms with Gasteiger partial charge in [0.25, 0.3) is 5.56 Å². The number of anilines is 2. The van der Waals surface area contributed by atoms with E-state index in [1.54, 1.807) is 17.5 Å². The lowest BCUT2D eigenvalue weighted by atomic mass is 9.95. The van der Waals surface area contributed by atoms with Crippen molar-refractivity contribution in [3.8, 4) is 10.6 Å². The van der Waals surface area contributed by atoms with E-state index in [-0.39, 0.29) is 17.5 Å². The molecule has 2 saturated heterocycles. The van der Waals surface area contributed by atoms with Gasteiger partial charge in [0.1, 0.15) is 22.2 Å². The van der Waals surface area contributed by atoms with E-state index in [0.717, 1.165) is 73.6 Å². The van der Waals surface area contributed by atoms with Crippen molar-refractivity contribution in [1.82, 2.24) is 25.3 Å². The van der Waals surface area contributed by atoms with Crippen LogP contribution in [0.5, 0.6) is 0 Å². The van der Waals surface area contributed by atoms with Crippen molar-refractivity contribution >= 4 is 33.1 Å². The van der Waals surface area contributed by atoms with E-state index >= 15 is 0 Å². The number of nitrogens with one attached hydrogen (secondary N) is 3. The molecule has 3 aromatic heterocycles. The van der Waals surface area contributed by atoms with Gasteiger partial charge >= 0.3 is 0 Å². The van der Waals surface area contributed by atoms with Gasteiger partial charge in [-0.15, -0.1) is 11.3 Å². The van der Waals surface area contributed by atoms with Crippen LogP contribution in [-0.2, 0) is 0 Å². The van der Waals surface area contributed by atoms with Gasteiger partial charge in [0, 0.05) is 37.8 Å². The van der Waals surface area contributed by atoms with E-state index in [2.05, 4.69) is 31.6 Å². The summed E-state index contributed by atoms with van der Waals surface area (Å²) in [5.74, 6) is 1.65. The molecule has 0 bridgehead atoms. The predicted octanol–water partition coefficient (Wildman–Crippen LogP) is 3.99. The summed E-state index contributed by atoms with van der Waals surface area (Å²) in [5.41, 5.74) is 2.48. The number of rotatable bonds is 5. The van der Waals surface area contributed by atoms with E-state index in [1.807, 2.05) is 36.5 Å². The third-order valence-electron chi connectivity index (χ3n) is 6.98. The molecule has 1 unspecified atom stereocenters. The molecule has 0 spiro atoms. The first-order valence-electron chi connectivity index (χ1n) is 12.4. The van der Waals surface area contributed by atoms with Gasteiger partial charge in [0.05, 0.1) is 22.1 Å². The van der Waals surface area contributed by atoms with Crippen LogP contribution in [0.1, 0.15) is 37.4 Å². The van der Waals surface area contributed by atoms with E-state index in [9.17, 15) is 4.79 Å². The van der Waals surface area contributed by atoms with Gasteiger partial charge in [-0.2, -0.15) is 0 Å². The van der Waals surface area contributed by atoms with Crippen LogP contribution in [0.3, 0.4) is 0 Å². The minimum absolute atomic E-state index is 0.116. The maximum absolute atomic E-state index is 13.5. The summed E-state index contributed by atoms with van der Waals surface area (Å²) in [7, 11) is 0. The second kappa shape index (κ2) is 9.75. The van der Waals surface area contributed by atoms with Crippen molar-refractivity contribution in [2.24, 2.45) is 0 Å². The maximum Gasteiger partial charge on any atom is 0.263 e. The third-order valence-corrected chi connectivity index (χ3v) is 8.03. The van der Waals surface area contributed by atoms with Crippen LogP contribution in [0.4, 0.5) is 11.5 Å². The number of aromatic amines is 1. The smallest absolute Gasteiger partial charge is 0.263 e. The van der Waals surface area contributed by atoms with Gasteiger partial charge in [-0.3, -0.25) is 9.78 Å². The fourth-order valence-electron chi connectivity index (χ4n) is 5.09. The fraction of sp³-hybridized carbons (Fsp3) is 0.385. The molecule has 9 heteroatoms. The number of pyridine rings is 1. The van der Waals surface area contributed by atoms with Crippen molar-refractivity contribution in [3.63, 3.8) is 0 Å². The molecule has 2 fully saturated rings. The van der Waals surface area contributed by atoms with Crippen LogP contribution in [0.15, 0.2) is 53.6 Å². The molecule has 2 aliphatic heterocycles. The molecule has 0 radical (unpaired) electrons. The number of fused-ring (bicyclic) bond motifs is 1. The van der Waals surface area contributed by atoms with Gasteiger partial charge < -0.3 is 20.5 Å². The van der Waals surface area contributed by atoms with E-state index < -0.39 is 0 Å². The number of hydrogen-bond acceptors (Lipinski definition) is 8. The third kappa shape index (κ3) is 4.66. The highest BCUT2D eigenvalue weighted by Crippen LogP contribution is 2.34. The normalized spacial score (nSPS) is 19.2. The molecule has 2 aliphatic rings. The van der Waals surface area contributed by atoms with E-state index in [0.29, 0.717) is 16.4 Å². The quantitative estimate of drug-likeness (QED) is 0.391. The van der Waals surface area contributed by atoms with Crippen LogP contribution in [-0.4, -0.2) is 52.2 Å². The highest BCUT2D eigenvalue weighted by molar-refractivity contribution is 7.21. The first-order chi connectivity index (χ1) is 17.2. The Morgan fingerprint density at radius 2 is 1.94 bits per heavy atom. The summed E-state index contributed by atoms with van der Waals surface area (Å²) in [6, 6.07) is 12.3. The van der Waals surface area contributed by atoms with Crippen LogP contribution in [0, 0.1) is 0 Å². The van der Waals surface area contributed by atoms with Crippen LogP contribution in [0.2, 0.25) is 0 Å². The lowest BCUT2D eigenvalue weighted by Crippen LogP contribution is -2.39. The average Bonchev–Trinajstić information content (AvgIpc) is 3.33. The molecule has 0 amide bonds. The van der Waals surface area contributed by atoms with Gasteiger partial charge in [-0.25, -0.2) is 9.97 Å². The number of H-pyrrole nitrogens is 1. The maximum atomic E-state index is 13.5. The Kier molecular flexibility index (Phi) is 6.18. The van der Waals surface area contributed by atoms with Crippen LogP contribution < -0.4 is 21.1 Å². The van der Waals surface area contributed by atoms with Crippen molar-refractivity contribution in [2.45, 2.75) is 37.6 Å². The van der Waals surface area contributed by atoms with Crippen LogP contribution in [0.25, 0.3) is 20.8 Å². The largest absolute Gasteiger partial charge is 0.370 e. The summed E-state index contributed by atoms with van der Waals surface area (Å²) in [6.45, 7) is 3.73. The minimum atomic E-state index is -0.116. The summed E-state index contributed by atoms with van der Waals surface area (Å²) >= 11 is 1.54. The molecule has 6 rings (SSSR count). The molecular formula is C26H29N7OS. The van der Waals surface area contributed by atoms with Crippen LogP contribution >= 0.6 is 11.3 Å². The van der Waals surface area contributed by atoms with Crippen molar-refractivity contribution in [2.75, 3.05) is 36.4 Å². The van der Waals surface area contributed by atoms with Gasteiger partial charge in [0.2, 0.25) is 0 Å². The standard InChI is InChI=1S/C26H29N7OS/c34-25-22(26-30-20-7-1-2-8-21(20)35-26)24(29-18-5-3-11-27-15-18)31-23(32-25)17-9-13-33(14-10-17)19-6-4-12-28-16-19/h1-2,4,6-8,12,16-18,27H,3,5,9-11,13-15H2,(H2,29,31,32,34). The van der Waals surface area contributed by atoms with Crippen molar-refractivity contribution in [3.05, 3.63) is 65.0 Å². The van der Waals surface area contributed by atoms with E-state index in [4.69, 9.17) is 9.97 Å². The Labute approximate surface area is 207 Å². The number of hydrogen-bond donors (Lipinski definition) is 3. The molecule has 8 nitrogen and oxygen atoms in total. The minimum Gasteiger partial charge on any atom is -0.370 e. The Morgan fingerprint density at radius 3 is 2.71 bits per heavy atom. The second-order valence-electron chi connectivity index (χ2n) is 9.32. The Balaban J connectivity index is 1.32. The summed E-state index contributed by atoms with van der Waals surface area (Å²) < 4.78 is 1.07. The lowest BCUT2D eigenvalue weighted by molar-refractivity contribution is 0.474. The predicted molar refractivity (Wildman–Crippen MR) is 141 cm³/mol. The van der Waals surface area contributed by atoms with Crippen molar-refractivity contribution in [1.29, 1.82) is 0 Å². The highest BCUT2D eigenvalue weighted by atomic mass is 32.1. The molecule has 4 aromatic rings. The number of para-hydroxylation sites is 1. The van der Waals surface area contributed by atoms with Gasteiger partial charge in [0.15, 0.2) is 0 Å². The van der Waals surface area contributed by atoms with E-state index in [1.165, 1.54) is 0 Å². The molecular weight excluding hydrogens is 458 g/mol.